The summed E-state index contributed by atoms with van der Waals surface area (Å²) in [4.78, 5) is 0. The first-order valence-electron chi connectivity index (χ1n) is 7.56. The Bertz CT molecular complexity index is 563. The topological polar surface area (TPSA) is 12.0 Å². The molecule has 2 aromatic carbocycles. The molecule has 1 aliphatic rings. The molecule has 1 N–H and O–H groups in total. The van der Waals surface area contributed by atoms with Crippen molar-refractivity contribution in [2.45, 2.75) is 32.2 Å². The van der Waals surface area contributed by atoms with Gasteiger partial charge in [0.05, 0.1) is 0 Å². The second-order valence-corrected chi connectivity index (χ2v) is 6.03. The largest absolute Gasteiger partial charge is 0.316 e. The van der Waals surface area contributed by atoms with E-state index in [4.69, 9.17) is 0 Å². The van der Waals surface area contributed by atoms with Crippen LogP contribution < -0.4 is 5.32 Å². The number of nitrogens with one attached hydrogen (secondary N) is 1. The van der Waals surface area contributed by atoms with Crippen LogP contribution in [0.15, 0.2) is 48.5 Å². The lowest BCUT2D eigenvalue weighted by Crippen LogP contribution is -2.36. The Balaban J connectivity index is 1.72. The molecule has 0 fully saturated rings. The third-order valence-electron chi connectivity index (χ3n) is 4.56. The van der Waals surface area contributed by atoms with E-state index in [1.54, 1.807) is 11.1 Å². The van der Waals surface area contributed by atoms with Crippen LogP contribution in [0.25, 0.3) is 0 Å². The summed E-state index contributed by atoms with van der Waals surface area (Å²) in [6.07, 6.45) is 3.55. The lowest BCUT2D eigenvalue weighted by Gasteiger charge is -2.23. The van der Waals surface area contributed by atoms with Crippen molar-refractivity contribution in [3.8, 4) is 0 Å². The first-order chi connectivity index (χ1) is 9.76. The smallest absolute Gasteiger partial charge is 0.0139 e. The summed E-state index contributed by atoms with van der Waals surface area (Å²) in [6, 6.07) is 18.4. The highest BCUT2D eigenvalue weighted by Crippen LogP contribution is 2.29. The maximum absolute atomic E-state index is 3.55. The third-order valence-corrected chi connectivity index (χ3v) is 4.56. The predicted molar refractivity (Wildman–Crippen MR) is 85.1 cm³/mol. The van der Waals surface area contributed by atoms with Crippen molar-refractivity contribution in [2.24, 2.45) is 5.92 Å². The van der Waals surface area contributed by atoms with E-state index in [1.165, 1.54) is 24.0 Å². The number of likely N-dealkylation sites (N-methyl/N-ethyl adjacent to an activating group) is 1. The van der Waals surface area contributed by atoms with Gasteiger partial charge >= 0.3 is 0 Å². The maximum atomic E-state index is 3.55. The molecule has 0 spiro atoms. The van der Waals surface area contributed by atoms with E-state index in [1.807, 2.05) is 0 Å². The van der Waals surface area contributed by atoms with Gasteiger partial charge in [-0.15, -0.1) is 0 Å². The number of hydrogen-bond acceptors (Lipinski definition) is 1. The van der Waals surface area contributed by atoms with Crippen LogP contribution in [-0.2, 0) is 19.3 Å². The van der Waals surface area contributed by atoms with Crippen LogP contribution in [0.2, 0.25) is 0 Å². The predicted octanol–water partition coefficient (Wildman–Crippen LogP) is 3.54. The Morgan fingerprint density at radius 2 is 1.75 bits per heavy atom. The van der Waals surface area contributed by atoms with Gasteiger partial charge in [-0.1, -0.05) is 54.1 Å². The first kappa shape index (κ1) is 13.4. The lowest BCUT2D eigenvalue weighted by atomic mass is 9.91. The van der Waals surface area contributed by atoms with Crippen molar-refractivity contribution in [2.75, 3.05) is 7.05 Å². The minimum Gasteiger partial charge on any atom is -0.316 e. The van der Waals surface area contributed by atoms with E-state index in [-0.39, 0.29) is 0 Å². The van der Waals surface area contributed by atoms with Gasteiger partial charge in [-0.05, 0) is 55.8 Å². The summed E-state index contributed by atoms with van der Waals surface area (Å²) >= 11 is 0. The first-order valence-corrected chi connectivity index (χ1v) is 7.56. The molecule has 1 atom stereocenters. The van der Waals surface area contributed by atoms with Gasteiger partial charge in [-0.3, -0.25) is 0 Å². The van der Waals surface area contributed by atoms with E-state index in [0.717, 1.165) is 12.3 Å². The van der Waals surface area contributed by atoms with Crippen molar-refractivity contribution in [3.63, 3.8) is 0 Å². The standard InChI is InChI=1S/C19H23N/c1-14-6-5-7-15(10-14)11-19(20-2)18-12-16-8-3-4-9-17(16)13-18/h3-10,18-20H,11-13H2,1-2H3. The molecular weight excluding hydrogens is 242 g/mol. The average molecular weight is 265 g/mol. The zero-order valence-electron chi connectivity index (χ0n) is 12.4. The summed E-state index contributed by atoms with van der Waals surface area (Å²) in [5.74, 6) is 0.720. The Morgan fingerprint density at radius 1 is 1.05 bits per heavy atom. The molecule has 20 heavy (non-hydrogen) atoms. The summed E-state index contributed by atoms with van der Waals surface area (Å²) in [5, 5.41) is 3.55. The summed E-state index contributed by atoms with van der Waals surface area (Å²) < 4.78 is 0. The van der Waals surface area contributed by atoms with Crippen LogP contribution in [0.1, 0.15) is 22.3 Å². The van der Waals surface area contributed by atoms with Gasteiger partial charge < -0.3 is 5.32 Å². The van der Waals surface area contributed by atoms with Crippen molar-refractivity contribution in [3.05, 3.63) is 70.8 Å². The van der Waals surface area contributed by atoms with Crippen molar-refractivity contribution >= 4 is 0 Å². The van der Waals surface area contributed by atoms with Crippen LogP contribution in [-0.4, -0.2) is 13.1 Å². The third kappa shape index (κ3) is 2.78. The number of aryl methyl sites for hydroxylation is 1. The van der Waals surface area contributed by atoms with Crippen molar-refractivity contribution < 1.29 is 0 Å². The highest BCUT2D eigenvalue weighted by atomic mass is 14.9. The summed E-state index contributed by atoms with van der Waals surface area (Å²) in [7, 11) is 2.10. The molecule has 1 unspecified atom stereocenters. The molecule has 0 bridgehead atoms. The number of hydrogen-bond donors (Lipinski definition) is 1. The molecule has 1 aliphatic carbocycles. The minimum atomic E-state index is 0.559. The van der Waals surface area contributed by atoms with Gasteiger partial charge in [0.15, 0.2) is 0 Å². The highest BCUT2D eigenvalue weighted by Gasteiger charge is 2.27. The molecule has 0 heterocycles. The van der Waals surface area contributed by atoms with E-state index < -0.39 is 0 Å². The van der Waals surface area contributed by atoms with Crippen molar-refractivity contribution in [1.82, 2.24) is 5.32 Å². The Labute approximate surface area is 122 Å². The molecule has 0 saturated carbocycles. The summed E-state index contributed by atoms with van der Waals surface area (Å²) in [6.45, 7) is 2.17. The number of fused-ring (bicyclic) bond motifs is 1. The number of benzene rings is 2. The fraction of sp³-hybridized carbons (Fsp3) is 0.368. The molecule has 0 saturated heterocycles. The Hall–Kier alpha value is -1.60. The lowest BCUT2D eigenvalue weighted by molar-refractivity contribution is 0.383. The van der Waals surface area contributed by atoms with Crippen LogP contribution in [0.5, 0.6) is 0 Å². The molecule has 1 nitrogen and oxygen atoms in total. The fourth-order valence-corrected chi connectivity index (χ4v) is 3.47. The molecule has 0 amide bonds. The van der Waals surface area contributed by atoms with Crippen LogP contribution in [0.3, 0.4) is 0 Å². The zero-order valence-corrected chi connectivity index (χ0v) is 12.4. The molecule has 2 aromatic rings. The van der Waals surface area contributed by atoms with Crippen LogP contribution in [0.4, 0.5) is 0 Å². The average Bonchev–Trinajstić information content (AvgIpc) is 2.88. The molecule has 1 heteroatoms. The quantitative estimate of drug-likeness (QED) is 0.891. The van der Waals surface area contributed by atoms with Gasteiger partial charge in [0.1, 0.15) is 0 Å². The normalized spacial score (nSPS) is 16.1. The van der Waals surface area contributed by atoms with E-state index >= 15 is 0 Å². The maximum Gasteiger partial charge on any atom is 0.0139 e. The number of rotatable bonds is 4. The second-order valence-electron chi connectivity index (χ2n) is 6.03. The molecule has 104 valence electrons. The molecular formula is C19H23N. The van der Waals surface area contributed by atoms with E-state index in [0.29, 0.717) is 6.04 Å². The van der Waals surface area contributed by atoms with E-state index in [2.05, 4.69) is 67.8 Å². The SMILES string of the molecule is CNC(Cc1cccc(C)c1)C1Cc2ccccc2C1. The van der Waals surface area contributed by atoms with Gasteiger partial charge in [-0.2, -0.15) is 0 Å². The highest BCUT2D eigenvalue weighted by molar-refractivity contribution is 5.33. The van der Waals surface area contributed by atoms with Crippen LogP contribution >= 0.6 is 0 Å². The Morgan fingerprint density at radius 3 is 2.35 bits per heavy atom. The van der Waals surface area contributed by atoms with Gasteiger partial charge in [0.25, 0.3) is 0 Å². The Kier molecular flexibility index (Phi) is 3.88. The monoisotopic (exact) mass is 265 g/mol. The molecule has 0 aliphatic heterocycles. The van der Waals surface area contributed by atoms with Gasteiger partial charge in [0.2, 0.25) is 0 Å². The van der Waals surface area contributed by atoms with Crippen molar-refractivity contribution in [1.29, 1.82) is 0 Å². The van der Waals surface area contributed by atoms with Gasteiger partial charge in [-0.25, -0.2) is 0 Å². The molecule has 0 radical (unpaired) electrons. The minimum absolute atomic E-state index is 0.559. The summed E-state index contributed by atoms with van der Waals surface area (Å²) in [5.41, 5.74) is 5.89. The fourth-order valence-electron chi connectivity index (χ4n) is 3.47. The molecule has 3 rings (SSSR count). The van der Waals surface area contributed by atoms with Gasteiger partial charge in [0, 0.05) is 6.04 Å². The molecule has 0 aromatic heterocycles. The van der Waals surface area contributed by atoms with Crippen LogP contribution in [0, 0.1) is 12.8 Å². The zero-order chi connectivity index (χ0) is 13.9. The van der Waals surface area contributed by atoms with E-state index in [9.17, 15) is 0 Å². The second kappa shape index (κ2) is 5.80.